The normalized spacial score (nSPS) is 15.8. The van der Waals surface area contributed by atoms with E-state index >= 15 is 0 Å². The number of hydrogen-bond acceptors (Lipinski definition) is 7. The zero-order chi connectivity index (χ0) is 29.1. The highest BCUT2D eigenvalue weighted by atomic mass is 32.2. The molecular formula is C32H32N4O5S. The van der Waals surface area contributed by atoms with Crippen LogP contribution in [0.5, 0.6) is 11.5 Å². The fourth-order valence-corrected chi connectivity index (χ4v) is 6.37. The average molecular weight is 585 g/mol. The molecule has 6 rings (SSSR count). The second-order valence-corrected chi connectivity index (χ2v) is 11.3. The summed E-state index contributed by atoms with van der Waals surface area (Å²) in [4.78, 5) is 28.6. The Labute approximate surface area is 248 Å². The molecule has 2 aliphatic heterocycles. The zero-order valence-electron chi connectivity index (χ0n) is 23.5. The van der Waals surface area contributed by atoms with E-state index in [2.05, 4.69) is 5.32 Å². The number of nitrogens with one attached hydrogen (secondary N) is 1. The number of carbonyl (C=O) groups is 2. The molecule has 2 amide bonds. The highest BCUT2D eigenvalue weighted by molar-refractivity contribution is 8.00. The Morgan fingerprint density at radius 2 is 1.86 bits per heavy atom. The number of ether oxygens (including phenoxy) is 3. The van der Waals surface area contributed by atoms with Gasteiger partial charge in [-0.05, 0) is 43.2 Å². The summed E-state index contributed by atoms with van der Waals surface area (Å²) in [6, 6.07) is 23.8. The molecule has 3 aromatic carbocycles. The van der Waals surface area contributed by atoms with E-state index in [1.165, 1.54) is 11.8 Å². The van der Waals surface area contributed by atoms with Crippen molar-refractivity contribution in [2.45, 2.75) is 18.6 Å². The lowest BCUT2D eigenvalue weighted by Gasteiger charge is -2.23. The van der Waals surface area contributed by atoms with Gasteiger partial charge in [0.15, 0.2) is 11.5 Å². The second-order valence-electron chi connectivity index (χ2n) is 10.2. The summed E-state index contributed by atoms with van der Waals surface area (Å²) in [7, 11) is 1.63. The highest BCUT2D eigenvalue weighted by Gasteiger charge is 2.38. The summed E-state index contributed by atoms with van der Waals surface area (Å²) < 4.78 is 18.2. The quantitative estimate of drug-likeness (QED) is 0.280. The van der Waals surface area contributed by atoms with Gasteiger partial charge in [-0.1, -0.05) is 54.1 Å². The molecule has 4 aromatic rings. The van der Waals surface area contributed by atoms with Crippen LogP contribution in [-0.4, -0.2) is 60.9 Å². The first-order chi connectivity index (χ1) is 20.5. The van der Waals surface area contributed by atoms with Crippen LogP contribution in [0.2, 0.25) is 0 Å². The number of methoxy groups -OCH3 is 1. The van der Waals surface area contributed by atoms with Crippen LogP contribution in [0.15, 0.2) is 72.8 Å². The summed E-state index contributed by atoms with van der Waals surface area (Å²) >= 11 is 1.52. The van der Waals surface area contributed by atoms with E-state index in [1.807, 2.05) is 79.7 Å². The van der Waals surface area contributed by atoms with Gasteiger partial charge >= 0.3 is 0 Å². The van der Waals surface area contributed by atoms with Crippen LogP contribution in [0.25, 0.3) is 16.9 Å². The number of carbonyl (C=O) groups excluding carboxylic acids is 2. The maximum Gasteiger partial charge on any atom is 0.240 e. The Balaban J connectivity index is 1.53. The Morgan fingerprint density at radius 3 is 2.64 bits per heavy atom. The van der Waals surface area contributed by atoms with Gasteiger partial charge in [0.25, 0.3) is 0 Å². The summed E-state index contributed by atoms with van der Waals surface area (Å²) in [6.07, 6.45) is 0.683. The molecule has 1 atom stereocenters. The Hall–Kier alpha value is -4.28. The van der Waals surface area contributed by atoms with Crippen molar-refractivity contribution in [3.63, 3.8) is 0 Å². The summed E-state index contributed by atoms with van der Waals surface area (Å²) in [5.41, 5.74) is 5.41. The van der Waals surface area contributed by atoms with Gasteiger partial charge in [-0.2, -0.15) is 5.10 Å². The summed E-state index contributed by atoms with van der Waals surface area (Å²) in [6.45, 7) is 3.08. The molecule has 0 saturated carbocycles. The minimum Gasteiger partial charge on any atom is -0.454 e. The number of rotatable bonds is 9. The number of anilines is 1. The van der Waals surface area contributed by atoms with Crippen LogP contribution in [0.4, 0.5) is 5.82 Å². The lowest BCUT2D eigenvalue weighted by molar-refractivity contribution is -0.122. The number of benzene rings is 3. The smallest absolute Gasteiger partial charge is 0.240 e. The van der Waals surface area contributed by atoms with E-state index in [0.29, 0.717) is 36.9 Å². The van der Waals surface area contributed by atoms with Gasteiger partial charge in [-0.15, -0.1) is 11.8 Å². The van der Waals surface area contributed by atoms with Crippen molar-refractivity contribution in [2.75, 3.05) is 44.3 Å². The van der Waals surface area contributed by atoms with Gasteiger partial charge in [0.1, 0.15) is 12.4 Å². The molecule has 1 aromatic heterocycles. The molecule has 1 N–H and O–H groups in total. The van der Waals surface area contributed by atoms with E-state index in [-0.39, 0.29) is 36.2 Å². The van der Waals surface area contributed by atoms with Crippen LogP contribution < -0.4 is 19.7 Å². The standard InChI is InChI=1S/C32H32N4O5S/c1-21-9-12-24(13-10-21)36-32-29(30(34-36)22-7-4-3-5-8-22)31(23-11-14-25-26(17-23)41-20-40-25)42-19-28(38)35(32)18-27(37)33-15-6-16-39-2/h3-5,7-14,17,31H,6,15-16,18-20H2,1-2H3,(H,33,37)/t31-/m1/s1. The van der Waals surface area contributed by atoms with Crippen molar-refractivity contribution in [1.29, 1.82) is 0 Å². The zero-order valence-corrected chi connectivity index (χ0v) is 24.4. The van der Waals surface area contributed by atoms with Crippen LogP contribution in [0.3, 0.4) is 0 Å². The molecule has 2 aliphatic rings. The lowest BCUT2D eigenvalue weighted by atomic mass is 9.99. The summed E-state index contributed by atoms with van der Waals surface area (Å²) in [5.74, 6) is 1.73. The minimum atomic E-state index is -0.261. The molecule has 10 heteroatoms. The predicted molar refractivity (Wildman–Crippen MR) is 162 cm³/mol. The maximum atomic E-state index is 13.9. The van der Waals surface area contributed by atoms with Gasteiger partial charge in [-0.3, -0.25) is 14.5 Å². The van der Waals surface area contributed by atoms with Crippen LogP contribution in [-0.2, 0) is 14.3 Å². The van der Waals surface area contributed by atoms with E-state index < -0.39 is 0 Å². The number of amides is 2. The first kappa shape index (κ1) is 27.9. The van der Waals surface area contributed by atoms with Crippen molar-refractivity contribution >= 4 is 29.4 Å². The molecule has 0 unspecified atom stereocenters. The Bertz CT molecular complexity index is 1590. The van der Waals surface area contributed by atoms with Gasteiger partial charge in [0.05, 0.1) is 22.4 Å². The number of aryl methyl sites for hydroxylation is 1. The average Bonchev–Trinajstić information content (AvgIpc) is 3.61. The fourth-order valence-electron chi connectivity index (χ4n) is 5.18. The number of thioether (sulfide) groups is 1. The minimum absolute atomic E-state index is 0.126. The Kier molecular flexibility index (Phi) is 8.16. The van der Waals surface area contributed by atoms with Crippen molar-refractivity contribution < 1.29 is 23.8 Å². The van der Waals surface area contributed by atoms with E-state index in [4.69, 9.17) is 19.3 Å². The van der Waals surface area contributed by atoms with Crippen molar-refractivity contribution in [3.05, 3.63) is 89.5 Å². The second kappa shape index (κ2) is 12.3. The van der Waals surface area contributed by atoms with Gasteiger partial charge in [-0.25, -0.2) is 4.68 Å². The topological polar surface area (TPSA) is 94.9 Å². The monoisotopic (exact) mass is 584 g/mol. The van der Waals surface area contributed by atoms with E-state index in [1.54, 1.807) is 16.7 Å². The third-order valence-electron chi connectivity index (χ3n) is 7.26. The molecule has 9 nitrogen and oxygen atoms in total. The third-order valence-corrected chi connectivity index (χ3v) is 8.52. The van der Waals surface area contributed by atoms with Crippen LogP contribution >= 0.6 is 11.8 Å². The molecule has 42 heavy (non-hydrogen) atoms. The molecule has 0 fully saturated rings. The predicted octanol–water partition coefficient (Wildman–Crippen LogP) is 4.90. The fraction of sp³-hybridized carbons (Fsp3) is 0.281. The first-order valence-electron chi connectivity index (χ1n) is 13.9. The molecule has 0 bridgehead atoms. The van der Waals surface area contributed by atoms with Gasteiger partial charge < -0.3 is 19.5 Å². The first-order valence-corrected chi connectivity index (χ1v) is 14.9. The summed E-state index contributed by atoms with van der Waals surface area (Å²) in [5, 5.41) is 7.81. The number of fused-ring (bicyclic) bond motifs is 2. The lowest BCUT2D eigenvalue weighted by Crippen LogP contribution is -2.42. The van der Waals surface area contributed by atoms with Crippen LogP contribution in [0, 0.1) is 6.92 Å². The molecule has 3 heterocycles. The van der Waals surface area contributed by atoms with Crippen molar-refractivity contribution in [1.82, 2.24) is 15.1 Å². The van der Waals surface area contributed by atoms with Crippen molar-refractivity contribution in [3.8, 4) is 28.4 Å². The van der Waals surface area contributed by atoms with Gasteiger partial charge in [0, 0.05) is 31.4 Å². The number of hydrogen-bond donors (Lipinski definition) is 1. The molecule has 0 aliphatic carbocycles. The number of aromatic nitrogens is 2. The van der Waals surface area contributed by atoms with E-state index in [0.717, 1.165) is 33.6 Å². The van der Waals surface area contributed by atoms with E-state index in [9.17, 15) is 9.59 Å². The van der Waals surface area contributed by atoms with Gasteiger partial charge in [0.2, 0.25) is 18.6 Å². The maximum absolute atomic E-state index is 13.9. The number of nitrogens with zero attached hydrogens (tertiary/aromatic N) is 3. The Morgan fingerprint density at radius 1 is 1.07 bits per heavy atom. The third kappa shape index (κ3) is 5.60. The van der Waals surface area contributed by atoms with Crippen molar-refractivity contribution in [2.24, 2.45) is 0 Å². The SMILES string of the molecule is COCCCNC(=O)CN1C(=O)CS[C@H](c2ccc3c(c2)OCO3)c2c(-c3ccccc3)nn(-c3ccc(C)cc3)c21. The molecule has 0 spiro atoms. The molecule has 0 radical (unpaired) electrons. The highest BCUT2D eigenvalue weighted by Crippen LogP contribution is 2.50. The largest absolute Gasteiger partial charge is 0.454 e. The molecule has 216 valence electrons. The van der Waals surface area contributed by atoms with Crippen LogP contribution in [0.1, 0.15) is 28.4 Å². The molecular weight excluding hydrogens is 552 g/mol. The molecule has 0 saturated heterocycles.